The van der Waals surface area contributed by atoms with Gasteiger partial charge in [0.2, 0.25) is 0 Å². The van der Waals surface area contributed by atoms with Crippen LogP contribution in [-0.4, -0.2) is 31.9 Å². The normalized spacial score (nSPS) is 10.7. The number of hydrogen-bond donors (Lipinski definition) is 0. The molecule has 0 aromatic heterocycles. The molecule has 21 heavy (non-hydrogen) atoms. The van der Waals surface area contributed by atoms with Crippen molar-refractivity contribution >= 4 is 46.7 Å². The summed E-state index contributed by atoms with van der Waals surface area (Å²) in [5.41, 5.74) is 0. The predicted octanol–water partition coefficient (Wildman–Crippen LogP) is 3.26. The first kappa shape index (κ1) is 18.5. The average molecular weight is 372 g/mol. The molecule has 0 bridgehead atoms. The van der Waals surface area contributed by atoms with E-state index in [1.165, 1.54) is 0 Å². The van der Waals surface area contributed by atoms with Crippen LogP contribution in [0.1, 0.15) is 0 Å². The van der Waals surface area contributed by atoms with Gasteiger partial charge in [-0.15, -0.1) is 0 Å². The Kier molecular flexibility index (Phi) is 8.30. The number of hydrogen-bond acceptors (Lipinski definition) is 0. The Balaban J connectivity index is 0.000000219. The van der Waals surface area contributed by atoms with Gasteiger partial charge in [-0.1, -0.05) is 60.8 Å². The Morgan fingerprint density at radius 2 is 1.00 bits per heavy atom. The fraction of sp³-hybridized carbons (Fsp3) is 0.333. The van der Waals surface area contributed by atoms with Gasteiger partial charge in [0.05, 0.1) is 17.6 Å². The maximum atomic E-state index is 2.37. The van der Waals surface area contributed by atoms with Crippen LogP contribution in [0.3, 0.4) is 0 Å². The first-order chi connectivity index (χ1) is 9.93. The first-order valence-electron chi connectivity index (χ1n) is 7.49. The van der Waals surface area contributed by atoms with Crippen LogP contribution in [0.25, 0.3) is 0 Å². The van der Waals surface area contributed by atoms with E-state index >= 15 is 0 Å². The second kappa shape index (κ2) is 9.44. The van der Waals surface area contributed by atoms with E-state index in [0.29, 0.717) is 0 Å². The van der Waals surface area contributed by atoms with Crippen LogP contribution in [0, 0.1) is 0 Å². The molecule has 2 aromatic rings. The van der Waals surface area contributed by atoms with Gasteiger partial charge in [-0.3, -0.25) is 0 Å². The van der Waals surface area contributed by atoms with Gasteiger partial charge in [0.25, 0.3) is 0 Å². The summed E-state index contributed by atoms with van der Waals surface area (Å²) in [6.45, 7) is 9.48. The molecule has 0 unspecified atom stereocenters. The van der Waals surface area contributed by atoms with Crippen molar-refractivity contribution in [3.05, 3.63) is 54.6 Å². The van der Waals surface area contributed by atoms with Crippen LogP contribution in [0.5, 0.6) is 0 Å². The van der Waals surface area contributed by atoms with Gasteiger partial charge >= 0.3 is 60.6 Å². The Morgan fingerprint density at radius 1 is 0.619 bits per heavy atom. The molecule has 0 atom stereocenters. The Labute approximate surface area is 138 Å². The summed E-state index contributed by atoms with van der Waals surface area (Å²) in [6, 6.07) is 19.7. The van der Waals surface area contributed by atoms with E-state index < -0.39 is 14.3 Å². The van der Waals surface area contributed by atoms with Crippen LogP contribution in [0.4, 0.5) is 0 Å². The SMILES string of the molecule is C[Si](C)c1ccccc1[Si](C)C.[CH3][Ge]([CH3])[c]1ccccc1. The predicted molar refractivity (Wildman–Crippen MR) is 104 cm³/mol. The topological polar surface area (TPSA) is 0 Å². The second-order valence-electron chi connectivity index (χ2n) is 5.91. The molecule has 0 nitrogen and oxygen atoms in total. The summed E-state index contributed by atoms with van der Waals surface area (Å²) in [5, 5.41) is 3.28. The molecule has 3 radical (unpaired) electrons. The molecule has 2 rings (SSSR count). The summed E-state index contributed by atoms with van der Waals surface area (Å²) in [5.74, 6) is 4.74. The molecule has 0 saturated heterocycles. The zero-order chi connectivity index (χ0) is 15.8. The molecule has 111 valence electrons. The van der Waals surface area contributed by atoms with Crippen molar-refractivity contribution in [1.82, 2.24) is 0 Å². The average Bonchev–Trinajstić information content (AvgIpc) is 2.48. The molecule has 0 aliphatic carbocycles. The summed E-state index contributed by atoms with van der Waals surface area (Å²) in [6.07, 6.45) is 0. The third kappa shape index (κ3) is 6.37. The fourth-order valence-electron chi connectivity index (χ4n) is 2.13. The molecule has 0 spiro atoms. The van der Waals surface area contributed by atoms with Crippen molar-refractivity contribution in [1.29, 1.82) is 0 Å². The van der Waals surface area contributed by atoms with Crippen LogP contribution >= 0.6 is 0 Å². The number of benzene rings is 2. The van der Waals surface area contributed by atoms with Crippen molar-refractivity contribution in [2.24, 2.45) is 0 Å². The summed E-state index contributed by atoms with van der Waals surface area (Å²) in [7, 11) is -0.522. The summed E-state index contributed by atoms with van der Waals surface area (Å²) >= 11 is -0.766. The van der Waals surface area contributed by atoms with E-state index in [0.717, 1.165) is 0 Å². The van der Waals surface area contributed by atoms with E-state index in [-0.39, 0.29) is 17.6 Å². The van der Waals surface area contributed by atoms with Gasteiger partial charge in [-0.05, 0) is 0 Å². The van der Waals surface area contributed by atoms with Crippen LogP contribution in [-0.2, 0) is 0 Å². The monoisotopic (exact) mass is 373 g/mol. The minimum atomic E-state index is -0.766. The van der Waals surface area contributed by atoms with Crippen LogP contribution in [0.15, 0.2) is 54.6 Å². The minimum absolute atomic E-state index is 0.261. The van der Waals surface area contributed by atoms with Gasteiger partial charge in [0, 0.05) is 0 Å². The molecule has 0 aliphatic rings. The second-order valence-corrected chi connectivity index (χ2v) is 16.4. The molecule has 0 aliphatic heterocycles. The first-order valence-corrected chi connectivity index (χ1v) is 17.7. The Bertz CT molecular complexity index is 495. The molecule has 0 saturated carbocycles. The summed E-state index contributed by atoms with van der Waals surface area (Å²) < 4.78 is 1.58. The quantitative estimate of drug-likeness (QED) is 0.726. The Hall–Kier alpha value is -0.583. The summed E-state index contributed by atoms with van der Waals surface area (Å²) in [4.78, 5) is 0. The maximum absolute atomic E-state index is 2.37. The number of rotatable bonds is 3. The molecule has 3 heteroatoms. The third-order valence-electron chi connectivity index (χ3n) is 3.36. The van der Waals surface area contributed by atoms with Gasteiger partial charge < -0.3 is 0 Å². The molecular formula is C18H27GeSi2. The molecule has 0 amide bonds. The molecular weight excluding hydrogens is 345 g/mol. The Morgan fingerprint density at radius 3 is 1.29 bits per heavy atom. The van der Waals surface area contributed by atoms with Crippen molar-refractivity contribution in [3.8, 4) is 0 Å². The molecule has 0 heterocycles. The third-order valence-corrected chi connectivity index (χ3v) is 9.75. The van der Waals surface area contributed by atoms with E-state index in [1.807, 2.05) is 0 Å². The van der Waals surface area contributed by atoms with Crippen LogP contribution in [0.2, 0.25) is 37.7 Å². The van der Waals surface area contributed by atoms with E-state index in [1.54, 1.807) is 14.8 Å². The molecule has 2 aromatic carbocycles. The van der Waals surface area contributed by atoms with Crippen molar-refractivity contribution in [3.63, 3.8) is 0 Å². The molecule has 0 N–H and O–H groups in total. The van der Waals surface area contributed by atoms with Crippen molar-refractivity contribution in [2.45, 2.75) is 37.7 Å². The van der Waals surface area contributed by atoms with E-state index in [9.17, 15) is 0 Å². The zero-order valence-electron chi connectivity index (χ0n) is 14.2. The van der Waals surface area contributed by atoms with Gasteiger partial charge in [0.15, 0.2) is 0 Å². The van der Waals surface area contributed by atoms with Crippen molar-refractivity contribution < 1.29 is 0 Å². The standard InChI is InChI=1S/C10H16Si2.C8H11Ge/c1-11(2)9-7-5-6-8-10(9)12(3)4;1-9(2)8-6-4-3-5-7-8/h5-8H,1-4H3;3-7H,1-2H3. The van der Waals surface area contributed by atoms with E-state index in [2.05, 4.69) is 92.3 Å². The molecule has 0 fully saturated rings. The fourth-order valence-corrected chi connectivity index (χ4v) is 7.53. The van der Waals surface area contributed by atoms with Gasteiger partial charge in [-0.2, -0.15) is 0 Å². The van der Waals surface area contributed by atoms with Gasteiger partial charge in [-0.25, -0.2) is 0 Å². The zero-order valence-corrected chi connectivity index (χ0v) is 18.3. The van der Waals surface area contributed by atoms with Gasteiger partial charge in [0.1, 0.15) is 0 Å². The van der Waals surface area contributed by atoms with Crippen LogP contribution < -0.4 is 14.8 Å². The van der Waals surface area contributed by atoms with Crippen molar-refractivity contribution in [2.75, 3.05) is 0 Å². The van der Waals surface area contributed by atoms with E-state index in [4.69, 9.17) is 0 Å².